The molecule has 0 saturated carbocycles. The van der Waals surface area contributed by atoms with Crippen LogP contribution in [0.15, 0.2) is 29.8 Å². The number of amides is 2. The predicted molar refractivity (Wildman–Crippen MR) is 113 cm³/mol. The van der Waals surface area contributed by atoms with Gasteiger partial charge in [0.15, 0.2) is 5.13 Å². The maximum atomic E-state index is 13.2. The molecule has 1 aromatic heterocycles. The molecule has 2 amide bonds. The lowest BCUT2D eigenvalue weighted by atomic mass is 9.78. The molecule has 1 unspecified atom stereocenters. The normalized spacial score (nSPS) is 23.0. The molecule has 1 aromatic carbocycles. The molecule has 0 N–H and O–H groups in total. The number of hydrogen-bond acceptors (Lipinski definition) is 6. The van der Waals surface area contributed by atoms with Crippen LogP contribution < -0.4 is 9.64 Å². The Morgan fingerprint density at radius 2 is 2.17 bits per heavy atom. The third-order valence-corrected chi connectivity index (χ3v) is 7.34. The van der Waals surface area contributed by atoms with Crippen molar-refractivity contribution in [2.75, 3.05) is 38.3 Å². The summed E-state index contributed by atoms with van der Waals surface area (Å²) in [6.45, 7) is 2.35. The largest absolute Gasteiger partial charge is 0.496 e. The van der Waals surface area contributed by atoms with Crippen LogP contribution in [0, 0.1) is 5.92 Å². The Bertz CT molecular complexity index is 939. The molecule has 1 spiro atoms. The number of carbonyl (C=O) groups excluding carboxylic acids is 2. The molecule has 2 fully saturated rings. The van der Waals surface area contributed by atoms with Crippen molar-refractivity contribution in [3.63, 3.8) is 0 Å². The smallest absolute Gasteiger partial charge is 0.229 e. The van der Waals surface area contributed by atoms with Gasteiger partial charge in [0.25, 0.3) is 0 Å². The van der Waals surface area contributed by atoms with Crippen LogP contribution in [0.5, 0.6) is 5.75 Å². The zero-order valence-corrected chi connectivity index (χ0v) is 17.8. The summed E-state index contributed by atoms with van der Waals surface area (Å²) >= 11 is 1.43. The Kier molecular flexibility index (Phi) is 4.99. The number of anilines is 1. The molecular weight excluding hydrogens is 402 g/mol. The maximum absolute atomic E-state index is 13.2. The highest BCUT2D eigenvalue weighted by atomic mass is 32.1. The van der Waals surface area contributed by atoms with Crippen molar-refractivity contribution in [3.8, 4) is 5.75 Å². The van der Waals surface area contributed by atoms with Gasteiger partial charge in [-0.2, -0.15) is 0 Å². The van der Waals surface area contributed by atoms with E-state index in [2.05, 4.69) is 11.1 Å². The molecule has 2 saturated heterocycles. The Balaban J connectivity index is 1.29. The van der Waals surface area contributed by atoms with Crippen LogP contribution in [0.3, 0.4) is 0 Å². The first kappa shape index (κ1) is 19.5. The van der Waals surface area contributed by atoms with Gasteiger partial charge in [0.1, 0.15) is 11.4 Å². The van der Waals surface area contributed by atoms with Crippen molar-refractivity contribution in [2.24, 2.45) is 5.92 Å². The highest BCUT2D eigenvalue weighted by Crippen LogP contribution is 2.46. The fourth-order valence-electron chi connectivity index (χ4n) is 5.05. The second-order valence-corrected chi connectivity index (χ2v) is 9.01. The molecule has 158 valence electrons. The maximum Gasteiger partial charge on any atom is 0.229 e. The van der Waals surface area contributed by atoms with Gasteiger partial charge in [0.2, 0.25) is 11.8 Å². The van der Waals surface area contributed by atoms with E-state index in [0.29, 0.717) is 31.4 Å². The lowest BCUT2D eigenvalue weighted by molar-refractivity contribution is -0.144. The number of fused-ring (bicyclic) bond motifs is 2. The first-order valence-electron chi connectivity index (χ1n) is 10.4. The number of methoxy groups -OCH3 is 1. The molecule has 5 rings (SSSR count). The highest BCUT2D eigenvalue weighted by Gasteiger charge is 2.45. The van der Waals surface area contributed by atoms with E-state index in [1.54, 1.807) is 18.2 Å². The second-order valence-electron chi connectivity index (χ2n) is 8.13. The minimum Gasteiger partial charge on any atom is -0.496 e. The summed E-state index contributed by atoms with van der Waals surface area (Å²) in [5, 5.41) is 2.52. The van der Waals surface area contributed by atoms with Crippen LogP contribution >= 0.6 is 11.3 Å². The number of benzene rings is 1. The monoisotopic (exact) mass is 427 g/mol. The molecule has 4 heterocycles. The lowest BCUT2D eigenvalue weighted by Gasteiger charge is -2.45. The average molecular weight is 428 g/mol. The van der Waals surface area contributed by atoms with Crippen molar-refractivity contribution < 1.29 is 19.1 Å². The Morgan fingerprint density at radius 3 is 2.90 bits per heavy atom. The molecule has 8 heteroatoms. The number of likely N-dealkylation sites (tertiary alicyclic amines) is 1. The second kappa shape index (κ2) is 7.67. The molecule has 2 aromatic rings. The summed E-state index contributed by atoms with van der Waals surface area (Å²) in [5.41, 5.74) is 2.03. The van der Waals surface area contributed by atoms with E-state index >= 15 is 0 Å². The number of piperidine rings is 1. The van der Waals surface area contributed by atoms with Gasteiger partial charge < -0.3 is 14.4 Å². The Labute approximate surface area is 179 Å². The Hall–Kier alpha value is -2.45. The van der Waals surface area contributed by atoms with Gasteiger partial charge in [-0.25, -0.2) is 4.98 Å². The molecule has 3 aliphatic heterocycles. The molecule has 3 aliphatic rings. The molecule has 0 radical (unpaired) electrons. The number of ether oxygens (including phenoxy) is 2. The number of nitrogens with zero attached hydrogens (tertiary/aromatic N) is 3. The minimum atomic E-state index is -0.393. The molecule has 30 heavy (non-hydrogen) atoms. The summed E-state index contributed by atoms with van der Waals surface area (Å²) in [5.74, 6) is 0.608. The van der Waals surface area contributed by atoms with Crippen molar-refractivity contribution in [1.29, 1.82) is 0 Å². The third-order valence-electron chi connectivity index (χ3n) is 6.55. The SMILES string of the molecule is COc1cccc2c1C1(CCN(C(=O)C3CC(=O)N(c4nccs4)C3)CC1)OCC2. The summed E-state index contributed by atoms with van der Waals surface area (Å²) in [6, 6.07) is 6.17. The van der Waals surface area contributed by atoms with Crippen LogP contribution in [-0.4, -0.2) is 55.0 Å². The van der Waals surface area contributed by atoms with E-state index in [1.165, 1.54) is 16.9 Å². The molecule has 0 aliphatic carbocycles. The van der Waals surface area contributed by atoms with Crippen LogP contribution in [0.4, 0.5) is 5.13 Å². The van der Waals surface area contributed by atoms with Crippen molar-refractivity contribution in [1.82, 2.24) is 9.88 Å². The van der Waals surface area contributed by atoms with Crippen LogP contribution in [0.2, 0.25) is 0 Å². The fourth-order valence-corrected chi connectivity index (χ4v) is 5.72. The first-order valence-corrected chi connectivity index (χ1v) is 11.3. The van der Waals surface area contributed by atoms with Crippen LogP contribution in [-0.2, 0) is 26.3 Å². The minimum absolute atomic E-state index is 0.0222. The predicted octanol–water partition coefficient (Wildman–Crippen LogP) is 2.60. The van der Waals surface area contributed by atoms with Crippen molar-refractivity contribution in [2.45, 2.75) is 31.3 Å². The molecular formula is C22H25N3O4S. The van der Waals surface area contributed by atoms with E-state index in [0.717, 1.165) is 30.6 Å². The number of carbonyl (C=O) groups is 2. The number of hydrogen-bond donors (Lipinski definition) is 0. The van der Waals surface area contributed by atoms with Gasteiger partial charge in [-0.1, -0.05) is 12.1 Å². The zero-order chi connectivity index (χ0) is 20.7. The summed E-state index contributed by atoms with van der Waals surface area (Å²) in [6.07, 6.45) is 4.30. The summed E-state index contributed by atoms with van der Waals surface area (Å²) < 4.78 is 12.0. The standard InChI is InChI=1S/C22H25N3O4S/c1-28-17-4-2-3-15-5-11-29-22(19(15)17)6-9-24(10-7-22)20(27)16-13-18(26)25(14-16)21-23-8-12-30-21/h2-4,8,12,16H,5-7,9-11,13-14H2,1H3. The number of thiazole rings is 1. The van der Waals surface area contributed by atoms with Crippen molar-refractivity contribution >= 4 is 28.3 Å². The van der Waals surface area contributed by atoms with E-state index in [4.69, 9.17) is 9.47 Å². The Morgan fingerprint density at radius 1 is 1.33 bits per heavy atom. The van der Waals surface area contributed by atoms with Gasteiger partial charge in [0.05, 0.1) is 19.6 Å². The van der Waals surface area contributed by atoms with Crippen LogP contribution in [0.1, 0.15) is 30.4 Å². The number of rotatable bonds is 3. The fraction of sp³-hybridized carbons (Fsp3) is 0.500. The lowest BCUT2D eigenvalue weighted by Crippen LogP contribution is -2.50. The molecule has 1 atom stereocenters. The highest BCUT2D eigenvalue weighted by molar-refractivity contribution is 7.13. The summed E-state index contributed by atoms with van der Waals surface area (Å²) in [7, 11) is 1.70. The number of aromatic nitrogens is 1. The molecule has 7 nitrogen and oxygen atoms in total. The first-order chi connectivity index (χ1) is 14.6. The van der Waals surface area contributed by atoms with E-state index in [1.807, 2.05) is 22.4 Å². The van der Waals surface area contributed by atoms with Crippen LogP contribution in [0.25, 0.3) is 0 Å². The van der Waals surface area contributed by atoms with Gasteiger partial charge in [-0.05, 0) is 30.9 Å². The average Bonchev–Trinajstić information content (AvgIpc) is 3.43. The topological polar surface area (TPSA) is 72.0 Å². The quantitative estimate of drug-likeness (QED) is 0.753. The van der Waals surface area contributed by atoms with Crippen molar-refractivity contribution in [3.05, 3.63) is 40.9 Å². The molecule has 0 bridgehead atoms. The third kappa shape index (κ3) is 3.18. The van der Waals surface area contributed by atoms with E-state index < -0.39 is 5.60 Å². The van der Waals surface area contributed by atoms with E-state index in [-0.39, 0.29) is 24.2 Å². The van der Waals surface area contributed by atoms with Gasteiger partial charge in [0, 0.05) is 43.2 Å². The summed E-state index contributed by atoms with van der Waals surface area (Å²) in [4.78, 5) is 33.3. The van der Waals surface area contributed by atoms with E-state index in [9.17, 15) is 9.59 Å². The van der Waals surface area contributed by atoms with Gasteiger partial charge in [-0.15, -0.1) is 11.3 Å². The van der Waals surface area contributed by atoms with Gasteiger partial charge >= 0.3 is 0 Å². The van der Waals surface area contributed by atoms with Gasteiger partial charge in [-0.3, -0.25) is 14.5 Å². The zero-order valence-electron chi connectivity index (χ0n) is 17.0.